The first kappa shape index (κ1) is 37.2. The van der Waals surface area contributed by atoms with E-state index in [1.54, 1.807) is 0 Å². The van der Waals surface area contributed by atoms with Crippen molar-refractivity contribution in [3.8, 4) is 0 Å². The van der Waals surface area contributed by atoms with Gasteiger partial charge >= 0.3 is 24.5 Å². The number of nitrogens with zero attached hydrogens (tertiary/aromatic N) is 6. The number of aromatic nitrogens is 4. The average Bonchev–Trinajstić information content (AvgIpc) is 3.34. The number of carboxylic acid groups (broad SMARTS) is 1. The molecular weight excluding hydrogens is 683 g/mol. The molecule has 0 amide bonds. The molecule has 50 heavy (non-hydrogen) atoms. The predicted octanol–water partition coefficient (Wildman–Crippen LogP) is 8.51. The van der Waals surface area contributed by atoms with Crippen molar-refractivity contribution in [2.75, 3.05) is 22.9 Å². The van der Waals surface area contributed by atoms with E-state index in [0.29, 0.717) is 68.6 Å². The van der Waals surface area contributed by atoms with E-state index in [4.69, 9.17) is 0 Å². The van der Waals surface area contributed by atoms with Crippen molar-refractivity contribution in [3.05, 3.63) is 63.2 Å². The highest BCUT2D eigenvalue weighted by molar-refractivity contribution is 5.68. The zero-order valence-electron chi connectivity index (χ0n) is 27.6. The maximum absolute atomic E-state index is 14.5. The average molecular weight is 721 g/mol. The number of anilines is 2. The van der Waals surface area contributed by atoms with Gasteiger partial charge in [-0.05, 0) is 110 Å². The van der Waals surface area contributed by atoms with Gasteiger partial charge in [0, 0.05) is 31.7 Å². The molecule has 1 unspecified atom stereocenters. The van der Waals surface area contributed by atoms with Gasteiger partial charge < -0.3 is 14.9 Å². The third-order valence-corrected chi connectivity index (χ3v) is 9.67. The summed E-state index contributed by atoms with van der Waals surface area (Å²) in [6, 6.07) is 1.82. The van der Waals surface area contributed by atoms with Gasteiger partial charge in [0.15, 0.2) is 0 Å². The molecule has 1 aromatic heterocycles. The van der Waals surface area contributed by atoms with Gasteiger partial charge in [-0.15, -0.1) is 5.10 Å². The topological polar surface area (TPSA) is 87.4 Å². The highest BCUT2D eigenvalue weighted by atomic mass is 19.4. The molecule has 1 atom stereocenters. The number of alkyl halides is 9. The van der Waals surface area contributed by atoms with E-state index in [1.165, 1.54) is 31.9 Å². The van der Waals surface area contributed by atoms with E-state index in [9.17, 15) is 49.4 Å². The van der Waals surface area contributed by atoms with Gasteiger partial charge in [0.25, 0.3) is 5.95 Å². The summed E-state index contributed by atoms with van der Waals surface area (Å²) in [6.07, 6.45) is -11.4. The molecule has 1 fully saturated rings. The number of hydrogen-bond acceptors (Lipinski definition) is 6. The number of carbonyl (C=O) groups is 1. The summed E-state index contributed by atoms with van der Waals surface area (Å²) in [4.78, 5) is 15.6. The molecule has 1 aliphatic heterocycles. The first-order chi connectivity index (χ1) is 23.2. The van der Waals surface area contributed by atoms with E-state index in [1.807, 2.05) is 4.90 Å². The van der Waals surface area contributed by atoms with Crippen LogP contribution >= 0.6 is 0 Å². The summed E-state index contributed by atoms with van der Waals surface area (Å²) in [5, 5.41) is 21.3. The number of rotatable bonds is 8. The summed E-state index contributed by atoms with van der Waals surface area (Å²) >= 11 is 0. The SMILES string of the molecule is Cc1cc2c(c(C)c1C(F)(F)F)N(CC1CCC(CC(=O)O)CC1)CCCC2N(Cc1cc(C(F)(F)F)cc(C(F)(F)F)c1)c1nnn(C)n1. The Bertz CT molecular complexity index is 1660. The second-order valence-corrected chi connectivity index (χ2v) is 13.3. The van der Waals surface area contributed by atoms with Crippen molar-refractivity contribution in [2.24, 2.45) is 18.9 Å². The zero-order chi connectivity index (χ0) is 36.8. The molecule has 0 saturated heterocycles. The first-order valence-electron chi connectivity index (χ1n) is 16.2. The Morgan fingerprint density at radius 1 is 0.880 bits per heavy atom. The Morgan fingerprint density at radius 3 is 2.00 bits per heavy atom. The zero-order valence-corrected chi connectivity index (χ0v) is 27.6. The number of hydrogen-bond donors (Lipinski definition) is 1. The molecule has 8 nitrogen and oxygen atoms in total. The van der Waals surface area contributed by atoms with Crippen molar-refractivity contribution in [1.29, 1.82) is 0 Å². The molecule has 0 radical (unpaired) electrons. The first-order valence-corrected chi connectivity index (χ1v) is 16.2. The quantitative estimate of drug-likeness (QED) is 0.234. The number of benzene rings is 2. The summed E-state index contributed by atoms with van der Waals surface area (Å²) in [7, 11) is 1.43. The molecule has 3 aromatic rings. The van der Waals surface area contributed by atoms with Crippen LogP contribution in [0.2, 0.25) is 0 Å². The third kappa shape index (κ3) is 8.28. The van der Waals surface area contributed by atoms with Crippen molar-refractivity contribution >= 4 is 17.6 Å². The van der Waals surface area contributed by atoms with E-state index < -0.39 is 53.8 Å². The lowest BCUT2D eigenvalue weighted by Gasteiger charge is -2.37. The molecule has 1 aliphatic carbocycles. The predicted molar refractivity (Wildman–Crippen MR) is 164 cm³/mol. The van der Waals surface area contributed by atoms with Gasteiger partial charge in [-0.3, -0.25) is 4.79 Å². The van der Waals surface area contributed by atoms with Crippen LogP contribution in [0, 0.1) is 25.7 Å². The van der Waals surface area contributed by atoms with Crippen LogP contribution in [0.25, 0.3) is 0 Å². The Balaban J connectivity index is 1.61. The molecule has 0 spiro atoms. The van der Waals surface area contributed by atoms with E-state index in [-0.39, 0.29) is 53.4 Å². The van der Waals surface area contributed by atoms with Crippen molar-refractivity contribution in [3.63, 3.8) is 0 Å². The molecule has 17 heteroatoms. The maximum Gasteiger partial charge on any atom is 0.416 e. The Labute approximate surface area is 282 Å². The van der Waals surface area contributed by atoms with Gasteiger partial charge in [0.1, 0.15) is 0 Å². The third-order valence-electron chi connectivity index (χ3n) is 9.67. The minimum Gasteiger partial charge on any atom is -0.481 e. The highest BCUT2D eigenvalue weighted by Crippen LogP contribution is 2.47. The second-order valence-electron chi connectivity index (χ2n) is 13.3. The normalized spacial score (nSPS) is 20.4. The van der Waals surface area contributed by atoms with Gasteiger partial charge in [0.2, 0.25) is 0 Å². The lowest BCUT2D eigenvalue weighted by Crippen LogP contribution is -2.34. The summed E-state index contributed by atoms with van der Waals surface area (Å²) < 4.78 is 126. The molecule has 5 rings (SSSR count). The number of aliphatic carboxylic acids is 1. The fraction of sp³-hybridized carbons (Fsp3) is 0.576. The van der Waals surface area contributed by atoms with Crippen LogP contribution < -0.4 is 9.80 Å². The van der Waals surface area contributed by atoms with Crippen LogP contribution in [-0.4, -0.2) is 44.4 Å². The highest BCUT2D eigenvalue weighted by Gasteiger charge is 2.41. The number of carboxylic acids is 1. The van der Waals surface area contributed by atoms with Gasteiger partial charge in [-0.1, -0.05) is 11.2 Å². The monoisotopic (exact) mass is 720 g/mol. The van der Waals surface area contributed by atoms with E-state index in [2.05, 4.69) is 15.4 Å². The van der Waals surface area contributed by atoms with E-state index >= 15 is 0 Å². The van der Waals surface area contributed by atoms with Crippen LogP contribution in [-0.2, 0) is 36.9 Å². The van der Waals surface area contributed by atoms with E-state index in [0.717, 1.165) is 4.80 Å². The van der Waals surface area contributed by atoms with Crippen LogP contribution in [0.15, 0.2) is 24.3 Å². The second kappa shape index (κ2) is 13.9. The number of aryl methyl sites for hydroxylation is 2. The van der Waals surface area contributed by atoms with Crippen molar-refractivity contribution in [2.45, 2.75) is 89.9 Å². The molecule has 1 N–H and O–H groups in total. The summed E-state index contributed by atoms with van der Waals surface area (Å²) in [6.45, 7) is 2.89. The number of fused-ring (bicyclic) bond motifs is 1. The van der Waals surface area contributed by atoms with Crippen molar-refractivity contribution < 1.29 is 49.4 Å². The van der Waals surface area contributed by atoms with Gasteiger partial charge in [-0.2, -0.15) is 44.3 Å². The molecule has 2 aliphatic rings. The fourth-order valence-electron chi connectivity index (χ4n) is 7.56. The lowest BCUT2D eigenvalue weighted by molar-refractivity contribution is -0.143. The molecule has 2 heterocycles. The largest absolute Gasteiger partial charge is 0.481 e. The number of halogens is 9. The molecule has 274 valence electrons. The minimum atomic E-state index is -5.09. The van der Waals surface area contributed by atoms with Crippen LogP contribution in [0.3, 0.4) is 0 Å². The lowest BCUT2D eigenvalue weighted by atomic mass is 9.80. The fourth-order valence-corrected chi connectivity index (χ4v) is 7.56. The summed E-state index contributed by atoms with van der Waals surface area (Å²) in [5.41, 5.74) is -3.57. The Morgan fingerprint density at radius 2 is 1.48 bits per heavy atom. The Kier molecular flexibility index (Phi) is 10.4. The smallest absolute Gasteiger partial charge is 0.416 e. The molecular formula is C33H37F9N6O2. The molecule has 1 saturated carbocycles. The number of tetrazole rings is 1. The minimum absolute atomic E-state index is 0.0209. The van der Waals surface area contributed by atoms with Crippen LogP contribution in [0.4, 0.5) is 51.1 Å². The molecule has 2 aromatic carbocycles. The van der Waals surface area contributed by atoms with Crippen molar-refractivity contribution in [1.82, 2.24) is 20.2 Å². The molecule has 0 bridgehead atoms. The van der Waals surface area contributed by atoms with Gasteiger partial charge in [-0.25, -0.2) is 0 Å². The van der Waals surface area contributed by atoms with Gasteiger partial charge in [0.05, 0.1) is 29.8 Å². The van der Waals surface area contributed by atoms with Crippen LogP contribution in [0.5, 0.6) is 0 Å². The summed E-state index contributed by atoms with van der Waals surface area (Å²) in [5.74, 6) is -0.904. The Hall–Kier alpha value is -4.05. The standard InChI is InChI=1S/C33H37F9N6O2/c1-18-11-25-26(48(30-43-45-46(3)44-30)17-22-12-23(31(34,35)36)15-24(13-22)32(37,38)39)5-4-10-47(29(25)19(2)28(18)33(40,41)42)16-21-8-6-20(7-9-21)14-27(49)50/h11-13,15,20-21,26H,4-10,14,16-17H2,1-3H3,(H,49,50). The van der Waals surface area contributed by atoms with Crippen LogP contribution in [0.1, 0.15) is 89.9 Å². The maximum atomic E-state index is 14.5.